The third kappa shape index (κ3) is 2.54. The van der Waals surface area contributed by atoms with Crippen molar-refractivity contribution in [2.75, 3.05) is 11.4 Å². The summed E-state index contributed by atoms with van der Waals surface area (Å²) in [5.74, 6) is -1.68. The predicted molar refractivity (Wildman–Crippen MR) is 69.7 cm³/mol. The average Bonchev–Trinajstić information content (AvgIpc) is 2.40. The molecule has 98 valence electrons. The van der Waals surface area contributed by atoms with E-state index in [1.54, 1.807) is 31.5 Å². The number of aromatic hydroxyl groups is 1. The molecule has 5 heteroatoms. The van der Waals surface area contributed by atoms with E-state index in [-0.39, 0.29) is 11.3 Å². The highest BCUT2D eigenvalue weighted by Crippen LogP contribution is 2.24. The van der Waals surface area contributed by atoms with Gasteiger partial charge in [0.15, 0.2) is 0 Å². The second-order valence-corrected chi connectivity index (χ2v) is 3.89. The molecule has 2 rings (SSSR count). The minimum Gasteiger partial charge on any atom is -0.507 e. The molecule has 0 aliphatic carbocycles. The van der Waals surface area contributed by atoms with Crippen LogP contribution in [0.1, 0.15) is 17.3 Å². The molecular weight excluding hydrogens is 247 g/mol. The van der Waals surface area contributed by atoms with Gasteiger partial charge in [-0.3, -0.25) is 9.78 Å². The van der Waals surface area contributed by atoms with Crippen LogP contribution in [0.3, 0.4) is 0 Å². The third-order valence-electron chi connectivity index (χ3n) is 2.74. The van der Waals surface area contributed by atoms with Crippen LogP contribution >= 0.6 is 0 Å². The van der Waals surface area contributed by atoms with E-state index in [0.717, 1.165) is 6.07 Å². The van der Waals surface area contributed by atoms with Crippen molar-refractivity contribution in [1.29, 1.82) is 0 Å². The Labute approximate surface area is 110 Å². The van der Waals surface area contributed by atoms with Crippen molar-refractivity contribution in [2.45, 2.75) is 6.92 Å². The van der Waals surface area contributed by atoms with Crippen LogP contribution in [-0.4, -0.2) is 22.5 Å². The Hall–Kier alpha value is -2.43. The maximum Gasteiger partial charge on any atom is 0.265 e. The first-order chi connectivity index (χ1) is 9.15. The quantitative estimate of drug-likeness (QED) is 0.922. The van der Waals surface area contributed by atoms with Gasteiger partial charge in [-0.05, 0) is 31.2 Å². The van der Waals surface area contributed by atoms with Gasteiger partial charge in [0.05, 0.1) is 0 Å². The van der Waals surface area contributed by atoms with Crippen LogP contribution in [0.15, 0.2) is 42.7 Å². The molecule has 0 saturated carbocycles. The summed E-state index contributed by atoms with van der Waals surface area (Å²) in [4.78, 5) is 17.6. The number of rotatable bonds is 3. The number of hydrogen-bond acceptors (Lipinski definition) is 3. The molecule has 0 saturated heterocycles. The second kappa shape index (κ2) is 5.48. The molecule has 1 heterocycles. The average molecular weight is 260 g/mol. The van der Waals surface area contributed by atoms with E-state index in [0.29, 0.717) is 12.2 Å². The summed E-state index contributed by atoms with van der Waals surface area (Å²) in [5.41, 5.74) is 0.284. The molecule has 0 unspecified atom stereocenters. The van der Waals surface area contributed by atoms with Crippen LogP contribution in [0.4, 0.5) is 10.1 Å². The molecule has 0 fully saturated rings. The van der Waals surface area contributed by atoms with Crippen LogP contribution in [0.2, 0.25) is 0 Å². The van der Waals surface area contributed by atoms with Gasteiger partial charge in [-0.15, -0.1) is 0 Å². The van der Waals surface area contributed by atoms with E-state index >= 15 is 0 Å². The third-order valence-corrected chi connectivity index (χ3v) is 2.74. The summed E-state index contributed by atoms with van der Waals surface area (Å²) in [6.07, 6.45) is 3.10. The zero-order chi connectivity index (χ0) is 13.8. The van der Waals surface area contributed by atoms with E-state index in [4.69, 9.17) is 0 Å². The normalized spacial score (nSPS) is 10.2. The first-order valence-electron chi connectivity index (χ1n) is 5.84. The molecular formula is C14H13FN2O2. The fourth-order valence-electron chi connectivity index (χ4n) is 1.83. The number of benzene rings is 1. The van der Waals surface area contributed by atoms with Gasteiger partial charge in [-0.2, -0.15) is 0 Å². The molecule has 0 aliphatic heterocycles. The number of nitrogens with zero attached hydrogens (tertiary/aromatic N) is 2. The van der Waals surface area contributed by atoms with Gasteiger partial charge in [0, 0.05) is 24.6 Å². The zero-order valence-corrected chi connectivity index (χ0v) is 10.4. The highest BCUT2D eigenvalue weighted by molar-refractivity contribution is 6.07. The van der Waals surface area contributed by atoms with E-state index in [9.17, 15) is 14.3 Å². The Morgan fingerprint density at radius 3 is 2.58 bits per heavy atom. The minimum atomic E-state index is -0.738. The molecule has 4 nitrogen and oxygen atoms in total. The highest BCUT2D eigenvalue weighted by atomic mass is 19.1. The Kier molecular flexibility index (Phi) is 3.75. The molecule has 0 bridgehead atoms. The minimum absolute atomic E-state index is 0.318. The summed E-state index contributed by atoms with van der Waals surface area (Å²) in [5, 5.41) is 9.65. The number of aromatic nitrogens is 1. The van der Waals surface area contributed by atoms with Gasteiger partial charge in [-0.25, -0.2) is 4.39 Å². The van der Waals surface area contributed by atoms with Crippen LogP contribution in [0.25, 0.3) is 0 Å². The van der Waals surface area contributed by atoms with Crippen molar-refractivity contribution in [3.8, 4) is 5.75 Å². The van der Waals surface area contributed by atoms with Gasteiger partial charge >= 0.3 is 0 Å². The first kappa shape index (κ1) is 13.0. The maximum atomic E-state index is 13.7. The smallest absolute Gasteiger partial charge is 0.265 e. The van der Waals surface area contributed by atoms with Gasteiger partial charge in [0.25, 0.3) is 5.91 Å². The van der Waals surface area contributed by atoms with Crippen molar-refractivity contribution in [3.63, 3.8) is 0 Å². The summed E-state index contributed by atoms with van der Waals surface area (Å²) in [6.45, 7) is 2.13. The lowest BCUT2D eigenvalue weighted by Crippen LogP contribution is -2.31. The lowest BCUT2D eigenvalue weighted by atomic mass is 10.1. The van der Waals surface area contributed by atoms with E-state index < -0.39 is 11.7 Å². The summed E-state index contributed by atoms with van der Waals surface area (Å²) in [6, 6.07) is 7.09. The Balaban J connectivity index is 2.42. The Morgan fingerprint density at radius 2 is 2.00 bits per heavy atom. The lowest BCUT2D eigenvalue weighted by molar-refractivity contribution is 0.0981. The second-order valence-electron chi connectivity index (χ2n) is 3.89. The molecule has 1 amide bonds. The van der Waals surface area contributed by atoms with Crippen LogP contribution in [0, 0.1) is 5.82 Å². The number of phenolic OH excluding ortho intramolecular Hbond substituents is 1. The number of amides is 1. The van der Waals surface area contributed by atoms with Gasteiger partial charge < -0.3 is 10.0 Å². The number of pyridine rings is 1. The van der Waals surface area contributed by atoms with Crippen LogP contribution < -0.4 is 4.90 Å². The molecule has 0 atom stereocenters. The van der Waals surface area contributed by atoms with Crippen molar-refractivity contribution in [3.05, 3.63) is 54.1 Å². The number of phenols is 1. The van der Waals surface area contributed by atoms with Gasteiger partial charge in [0.2, 0.25) is 0 Å². The Bertz CT molecular complexity index is 567. The molecule has 0 aliphatic rings. The molecule has 1 aromatic carbocycles. The molecule has 0 radical (unpaired) electrons. The van der Waals surface area contributed by atoms with E-state index in [1.807, 2.05) is 0 Å². The van der Waals surface area contributed by atoms with Gasteiger partial charge in [-0.1, -0.05) is 6.07 Å². The van der Waals surface area contributed by atoms with E-state index in [2.05, 4.69) is 4.98 Å². The van der Waals surface area contributed by atoms with E-state index in [1.165, 1.54) is 17.0 Å². The number of carbonyl (C=O) groups is 1. The summed E-state index contributed by atoms with van der Waals surface area (Å²) >= 11 is 0. The van der Waals surface area contributed by atoms with Crippen molar-refractivity contribution >= 4 is 11.6 Å². The number of carbonyl (C=O) groups excluding carboxylic acids is 1. The Morgan fingerprint density at radius 1 is 1.32 bits per heavy atom. The molecule has 1 aromatic heterocycles. The first-order valence-corrected chi connectivity index (χ1v) is 5.84. The van der Waals surface area contributed by atoms with Gasteiger partial charge in [0.1, 0.15) is 17.1 Å². The molecule has 2 aromatic rings. The molecule has 1 N–H and O–H groups in total. The fraction of sp³-hybridized carbons (Fsp3) is 0.143. The number of anilines is 1. The zero-order valence-electron chi connectivity index (χ0n) is 10.4. The molecule has 19 heavy (non-hydrogen) atoms. The number of hydrogen-bond donors (Lipinski definition) is 1. The lowest BCUT2D eigenvalue weighted by Gasteiger charge is -2.21. The van der Waals surface area contributed by atoms with Crippen molar-refractivity contribution in [2.24, 2.45) is 0 Å². The monoisotopic (exact) mass is 260 g/mol. The largest absolute Gasteiger partial charge is 0.507 e. The predicted octanol–water partition coefficient (Wildman–Crippen LogP) is 2.59. The summed E-state index contributed by atoms with van der Waals surface area (Å²) in [7, 11) is 0. The highest BCUT2D eigenvalue weighted by Gasteiger charge is 2.22. The summed E-state index contributed by atoms with van der Waals surface area (Å²) < 4.78 is 13.7. The van der Waals surface area contributed by atoms with Crippen molar-refractivity contribution in [1.82, 2.24) is 4.98 Å². The topological polar surface area (TPSA) is 53.4 Å². The number of halogens is 1. The van der Waals surface area contributed by atoms with Crippen molar-refractivity contribution < 1.29 is 14.3 Å². The SMILES string of the molecule is CCN(C(=O)c1c(O)cccc1F)c1ccncc1. The fourth-order valence-corrected chi connectivity index (χ4v) is 1.83. The maximum absolute atomic E-state index is 13.7. The van der Waals surface area contributed by atoms with Crippen LogP contribution in [0.5, 0.6) is 5.75 Å². The van der Waals surface area contributed by atoms with Crippen LogP contribution in [-0.2, 0) is 0 Å². The molecule has 0 spiro atoms. The standard InChI is InChI=1S/C14H13FN2O2/c1-2-17(10-6-8-16-9-7-10)14(19)13-11(15)4-3-5-12(13)18/h3-9,18H,2H2,1H3.